The summed E-state index contributed by atoms with van der Waals surface area (Å²) < 4.78 is 1.64. The highest BCUT2D eigenvalue weighted by Crippen LogP contribution is 2.16. The molecule has 0 radical (unpaired) electrons. The molecule has 2 heterocycles. The van der Waals surface area contributed by atoms with E-state index in [1.165, 1.54) is 0 Å². The molecule has 21 heavy (non-hydrogen) atoms. The molecule has 0 spiro atoms. The summed E-state index contributed by atoms with van der Waals surface area (Å²) in [6.45, 7) is 7.50. The molecule has 0 aromatic carbocycles. The van der Waals surface area contributed by atoms with Crippen molar-refractivity contribution in [1.29, 1.82) is 0 Å². The van der Waals surface area contributed by atoms with Gasteiger partial charge in [-0.25, -0.2) is 4.68 Å². The van der Waals surface area contributed by atoms with E-state index in [1.54, 1.807) is 29.7 Å². The second-order valence-electron chi connectivity index (χ2n) is 4.32. The van der Waals surface area contributed by atoms with Gasteiger partial charge < -0.3 is 10.2 Å². The lowest BCUT2D eigenvalue weighted by Crippen LogP contribution is -2.25. The fourth-order valence-electron chi connectivity index (χ4n) is 1.82. The Morgan fingerprint density at radius 1 is 1.24 bits per heavy atom. The molecule has 0 saturated carbocycles. The van der Waals surface area contributed by atoms with Gasteiger partial charge in [-0.05, 0) is 19.2 Å². The molecule has 0 aliphatic carbocycles. The van der Waals surface area contributed by atoms with Crippen molar-refractivity contribution in [1.82, 2.24) is 29.6 Å². The van der Waals surface area contributed by atoms with E-state index in [9.17, 15) is 0 Å². The maximum absolute atomic E-state index is 4.46. The number of rotatable bonds is 8. The number of thioether (sulfide) groups is 1. The molecule has 2 rings (SSSR count). The Labute approximate surface area is 129 Å². The first kappa shape index (κ1) is 15.7. The van der Waals surface area contributed by atoms with Gasteiger partial charge in [0.05, 0.1) is 0 Å². The monoisotopic (exact) mass is 307 g/mol. The lowest BCUT2D eigenvalue weighted by Gasteiger charge is -2.17. The molecule has 0 unspecified atom stereocenters. The number of hydrogen-bond donors (Lipinski definition) is 1. The summed E-state index contributed by atoms with van der Waals surface area (Å²) in [7, 11) is 1.80. The predicted octanol–water partition coefficient (Wildman–Crippen LogP) is 1.53. The van der Waals surface area contributed by atoms with E-state index < -0.39 is 0 Å². The largest absolute Gasteiger partial charge is 0.357 e. The Balaban J connectivity index is 2.07. The maximum Gasteiger partial charge on any atom is 0.256 e. The lowest BCUT2D eigenvalue weighted by atomic mass is 10.5. The SMILES string of the molecule is CCN(CC)CCSc1nc(NC)nc(-n2cccn2)n1. The number of aromatic nitrogens is 5. The van der Waals surface area contributed by atoms with E-state index in [-0.39, 0.29) is 0 Å². The van der Waals surface area contributed by atoms with Crippen molar-refractivity contribution >= 4 is 17.7 Å². The van der Waals surface area contributed by atoms with Gasteiger partial charge in [0, 0.05) is 31.7 Å². The molecule has 114 valence electrons. The molecule has 0 amide bonds. The molecule has 7 nitrogen and oxygen atoms in total. The fraction of sp³-hybridized carbons (Fsp3) is 0.538. The maximum atomic E-state index is 4.46. The Morgan fingerprint density at radius 3 is 2.67 bits per heavy atom. The van der Waals surface area contributed by atoms with Crippen LogP contribution in [0.4, 0.5) is 5.95 Å². The van der Waals surface area contributed by atoms with E-state index in [0.29, 0.717) is 17.1 Å². The normalized spacial score (nSPS) is 11.0. The molecule has 0 atom stereocenters. The molecule has 2 aromatic heterocycles. The van der Waals surface area contributed by atoms with Crippen LogP contribution in [0.25, 0.3) is 5.95 Å². The number of anilines is 1. The van der Waals surface area contributed by atoms with Crippen LogP contribution in [0.15, 0.2) is 23.6 Å². The second kappa shape index (κ2) is 7.94. The van der Waals surface area contributed by atoms with Crippen LogP contribution in [-0.4, -0.2) is 62.1 Å². The first-order chi connectivity index (χ1) is 10.3. The topological polar surface area (TPSA) is 71.8 Å². The smallest absolute Gasteiger partial charge is 0.256 e. The first-order valence-corrected chi connectivity index (χ1v) is 8.04. The van der Waals surface area contributed by atoms with Crippen molar-refractivity contribution in [2.24, 2.45) is 0 Å². The standard InChI is InChI=1S/C13H21N7S/c1-4-19(5-2)9-10-21-13-17-11(14-3)16-12(18-13)20-8-6-7-15-20/h6-8H,4-5,9-10H2,1-3H3,(H,14,16,17,18). The second-order valence-corrected chi connectivity index (χ2v) is 5.38. The molecule has 0 aliphatic heterocycles. The minimum Gasteiger partial charge on any atom is -0.357 e. The minimum absolute atomic E-state index is 0.532. The fourth-order valence-corrected chi connectivity index (χ4v) is 2.65. The van der Waals surface area contributed by atoms with Gasteiger partial charge >= 0.3 is 0 Å². The van der Waals surface area contributed by atoms with E-state index in [1.807, 2.05) is 12.3 Å². The quantitative estimate of drug-likeness (QED) is 0.742. The van der Waals surface area contributed by atoms with Crippen molar-refractivity contribution in [3.8, 4) is 5.95 Å². The third kappa shape index (κ3) is 4.40. The number of nitrogens with one attached hydrogen (secondary N) is 1. The molecule has 0 saturated heterocycles. The minimum atomic E-state index is 0.532. The van der Waals surface area contributed by atoms with Gasteiger partial charge in [0.1, 0.15) is 0 Å². The van der Waals surface area contributed by atoms with Crippen LogP contribution >= 0.6 is 11.8 Å². The van der Waals surface area contributed by atoms with Crippen LogP contribution in [0.1, 0.15) is 13.8 Å². The predicted molar refractivity (Wildman–Crippen MR) is 85.0 cm³/mol. The highest BCUT2D eigenvalue weighted by atomic mass is 32.2. The van der Waals surface area contributed by atoms with Gasteiger partial charge in [-0.1, -0.05) is 25.6 Å². The average Bonchev–Trinajstić information content (AvgIpc) is 3.05. The Morgan fingerprint density at radius 2 is 2.05 bits per heavy atom. The third-order valence-corrected chi connectivity index (χ3v) is 3.90. The van der Waals surface area contributed by atoms with Crippen LogP contribution in [0.3, 0.4) is 0 Å². The van der Waals surface area contributed by atoms with Crippen molar-refractivity contribution in [3.05, 3.63) is 18.5 Å². The summed E-state index contributed by atoms with van der Waals surface area (Å²) in [6, 6.07) is 1.84. The first-order valence-electron chi connectivity index (χ1n) is 7.05. The number of hydrogen-bond acceptors (Lipinski definition) is 7. The Kier molecular flexibility index (Phi) is 5.94. The van der Waals surface area contributed by atoms with Crippen LogP contribution < -0.4 is 5.32 Å². The third-order valence-electron chi connectivity index (χ3n) is 3.07. The Hall–Kier alpha value is -1.67. The molecule has 8 heteroatoms. The summed E-state index contributed by atoms with van der Waals surface area (Å²) in [5.74, 6) is 2.04. The van der Waals surface area contributed by atoms with E-state index in [2.05, 4.69) is 44.1 Å². The zero-order valence-electron chi connectivity index (χ0n) is 12.7. The zero-order chi connectivity index (χ0) is 15.1. The van der Waals surface area contributed by atoms with Crippen molar-refractivity contribution < 1.29 is 0 Å². The van der Waals surface area contributed by atoms with Crippen LogP contribution in [0, 0.1) is 0 Å². The van der Waals surface area contributed by atoms with E-state index in [4.69, 9.17) is 0 Å². The summed E-state index contributed by atoms with van der Waals surface area (Å²) in [4.78, 5) is 15.5. The van der Waals surface area contributed by atoms with Gasteiger partial charge in [0.15, 0.2) is 5.16 Å². The summed E-state index contributed by atoms with van der Waals surface area (Å²) in [5.41, 5.74) is 0. The van der Waals surface area contributed by atoms with E-state index >= 15 is 0 Å². The number of nitrogens with zero attached hydrogens (tertiary/aromatic N) is 6. The van der Waals surface area contributed by atoms with Crippen LogP contribution in [-0.2, 0) is 0 Å². The van der Waals surface area contributed by atoms with Gasteiger partial charge in [0.2, 0.25) is 5.95 Å². The van der Waals surface area contributed by atoms with Crippen LogP contribution in [0.5, 0.6) is 0 Å². The molecule has 0 aliphatic rings. The zero-order valence-corrected chi connectivity index (χ0v) is 13.5. The van der Waals surface area contributed by atoms with Crippen molar-refractivity contribution in [2.75, 3.05) is 37.8 Å². The highest BCUT2D eigenvalue weighted by Gasteiger charge is 2.09. The molecule has 0 bridgehead atoms. The molecular formula is C13H21N7S. The summed E-state index contributed by atoms with van der Waals surface area (Å²) >= 11 is 1.64. The summed E-state index contributed by atoms with van der Waals surface area (Å²) in [5, 5.41) is 7.84. The summed E-state index contributed by atoms with van der Waals surface area (Å²) in [6.07, 6.45) is 3.52. The van der Waals surface area contributed by atoms with Crippen molar-refractivity contribution in [3.63, 3.8) is 0 Å². The highest BCUT2D eigenvalue weighted by molar-refractivity contribution is 7.99. The van der Waals surface area contributed by atoms with Gasteiger partial charge in [-0.15, -0.1) is 0 Å². The lowest BCUT2D eigenvalue weighted by molar-refractivity contribution is 0.324. The van der Waals surface area contributed by atoms with Gasteiger partial charge in [-0.3, -0.25) is 0 Å². The van der Waals surface area contributed by atoms with E-state index in [0.717, 1.165) is 25.4 Å². The Bertz CT molecular complexity index is 539. The van der Waals surface area contributed by atoms with Crippen molar-refractivity contribution in [2.45, 2.75) is 19.0 Å². The molecule has 2 aromatic rings. The average molecular weight is 307 g/mol. The molecular weight excluding hydrogens is 286 g/mol. The van der Waals surface area contributed by atoms with Crippen LogP contribution in [0.2, 0.25) is 0 Å². The van der Waals surface area contributed by atoms with Gasteiger partial charge in [0.25, 0.3) is 5.95 Å². The molecule has 1 N–H and O–H groups in total. The molecule has 0 fully saturated rings. The van der Waals surface area contributed by atoms with Gasteiger partial charge in [-0.2, -0.15) is 20.1 Å².